The summed E-state index contributed by atoms with van der Waals surface area (Å²) >= 11 is 5.79. The number of nitrogens with zero attached hydrogens (tertiary/aromatic N) is 2. The molecule has 1 aromatic carbocycles. The number of sulfone groups is 1. The summed E-state index contributed by atoms with van der Waals surface area (Å²) in [6.45, 7) is 4.11. The number of hydrogen-bond acceptors (Lipinski definition) is 5. The highest BCUT2D eigenvalue weighted by atomic mass is 35.5. The zero-order chi connectivity index (χ0) is 18.2. The summed E-state index contributed by atoms with van der Waals surface area (Å²) in [7, 11) is -3.43. The fourth-order valence-electron chi connectivity index (χ4n) is 2.90. The maximum absolute atomic E-state index is 12.5. The molecule has 1 saturated heterocycles. The van der Waals surface area contributed by atoms with E-state index in [1.54, 1.807) is 17.0 Å². The Bertz CT molecular complexity index is 864. The molecule has 1 amide bonds. The van der Waals surface area contributed by atoms with Crippen LogP contribution in [0.2, 0.25) is 5.02 Å². The quantitative estimate of drug-likeness (QED) is 0.793. The van der Waals surface area contributed by atoms with Gasteiger partial charge in [0.2, 0.25) is 5.91 Å². The second-order valence-electron chi connectivity index (χ2n) is 6.22. The standard InChI is InChI=1S/C17H19ClN2O4S/c1-11-16(12(2)24-19-11)7-8-17(21)20-9-15(10-20)25(22,23)14-5-3-13(18)4-6-14/h3-6,15H,7-10H2,1-2H3. The number of amides is 1. The average Bonchev–Trinajstić information content (AvgIpc) is 2.82. The van der Waals surface area contributed by atoms with E-state index in [1.807, 2.05) is 13.8 Å². The van der Waals surface area contributed by atoms with Gasteiger partial charge in [-0.3, -0.25) is 4.79 Å². The van der Waals surface area contributed by atoms with Gasteiger partial charge in [0, 0.05) is 30.1 Å². The van der Waals surface area contributed by atoms with Gasteiger partial charge in [0.05, 0.1) is 10.6 Å². The van der Waals surface area contributed by atoms with Gasteiger partial charge in [-0.2, -0.15) is 0 Å². The van der Waals surface area contributed by atoms with Crippen LogP contribution in [0.25, 0.3) is 0 Å². The van der Waals surface area contributed by atoms with Gasteiger partial charge in [0.1, 0.15) is 11.0 Å². The fourth-order valence-corrected chi connectivity index (χ4v) is 4.68. The maximum Gasteiger partial charge on any atom is 0.222 e. The fraction of sp³-hybridized carbons (Fsp3) is 0.412. The van der Waals surface area contributed by atoms with Gasteiger partial charge in [-0.1, -0.05) is 16.8 Å². The third-order valence-electron chi connectivity index (χ3n) is 4.55. The highest BCUT2D eigenvalue weighted by molar-refractivity contribution is 7.92. The van der Waals surface area contributed by atoms with E-state index < -0.39 is 15.1 Å². The second-order valence-corrected chi connectivity index (χ2v) is 8.89. The first kappa shape index (κ1) is 17.9. The lowest BCUT2D eigenvalue weighted by atomic mass is 10.1. The van der Waals surface area contributed by atoms with E-state index in [4.69, 9.17) is 16.1 Å². The van der Waals surface area contributed by atoms with Crippen molar-refractivity contribution in [1.82, 2.24) is 10.1 Å². The van der Waals surface area contributed by atoms with Crippen LogP contribution in [0.4, 0.5) is 0 Å². The molecule has 2 aromatic rings. The van der Waals surface area contributed by atoms with E-state index in [-0.39, 0.29) is 23.9 Å². The third kappa shape index (κ3) is 3.57. The first-order valence-corrected chi connectivity index (χ1v) is 9.90. The Morgan fingerprint density at radius 3 is 2.48 bits per heavy atom. The van der Waals surface area contributed by atoms with Crippen LogP contribution in [-0.2, 0) is 21.1 Å². The SMILES string of the molecule is Cc1noc(C)c1CCC(=O)N1CC(S(=O)(=O)c2ccc(Cl)cc2)C1. The van der Waals surface area contributed by atoms with Crippen molar-refractivity contribution >= 4 is 27.3 Å². The number of aryl methyl sites for hydroxylation is 2. The van der Waals surface area contributed by atoms with Crippen LogP contribution in [0.1, 0.15) is 23.4 Å². The van der Waals surface area contributed by atoms with Crippen LogP contribution < -0.4 is 0 Å². The third-order valence-corrected chi connectivity index (χ3v) is 6.91. The Morgan fingerprint density at radius 1 is 1.28 bits per heavy atom. The van der Waals surface area contributed by atoms with Crippen molar-refractivity contribution in [2.24, 2.45) is 0 Å². The lowest BCUT2D eigenvalue weighted by Gasteiger charge is -2.38. The molecular formula is C17H19ClN2O4S. The molecule has 0 N–H and O–H groups in total. The summed E-state index contributed by atoms with van der Waals surface area (Å²) in [6.07, 6.45) is 0.863. The van der Waals surface area contributed by atoms with Gasteiger partial charge in [-0.25, -0.2) is 8.42 Å². The van der Waals surface area contributed by atoms with Crippen LogP contribution in [0.5, 0.6) is 0 Å². The highest BCUT2D eigenvalue weighted by Crippen LogP contribution is 2.26. The predicted octanol–water partition coefficient (Wildman–Crippen LogP) is 2.56. The Morgan fingerprint density at radius 2 is 1.92 bits per heavy atom. The Balaban J connectivity index is 1.56. The Labute approximate surface area is 151 Å². The number of carbonyl (C=O) groups is 1. The number of carbonyl (C=O) groups excluding carboxylic acids is 1. The van der Waals surface area contributed by atoms with Crippen molar-refractivity contribution in [3.8, 4) is 0 Å². The summed E-state index contributed by atoms with van der Waals surface area (Å²) in [6, 6.07) is 6.11. The van der Waals surface area contributed by atoms with Crippen molar-refractivity contribution in [3.63, 3.8) is 0 Å². The Kier molecular flexibility index (Phi) is 4.88. The molecule has 1 aliphatic rings. The average molecular weight is 383 g/mol. The monoisotopic (exact) mass is 382 g/mol. The summed E-state index contributed by atoms with van der Waals surface area (Å²) in [4.78, 5) is 14.1. The molecule has 1 aliphatic heterocycles. The lowest BCUT2D eigenvalue weighted by Crippen LogP contribution is -2.56. The molecule has 0 spiro atoms. The van der Waals surface area contributed by atoms with E-state index in [0.717, 1.165) is 17.0 Å². The van der Waals surface area contributed by atoms with E-state index in [0.29, 0.717) is 17.9 Å². The van der Waals surface area contributed by atoms with Crippen molar-refractivity contribution in [2.45, 2.75) is 36.8 Å². The molecule has 3 rings (SSSR count). The number of benzene rings is 1. The van der Waals surface area contributed by atoms with E-state index in [9.17, 15) is 13.2 Å². The zero-order valence-electron chi connectivity index (χ0n) is 14.0. The molecule has 8 heteroatoms. The van der Waals surface area contributed by atoms with Crippen LogP contribution in [0.3, 0.4) is 0 Å². The largest absolute Gasteiger partial charge is 0.361 e. The molecule has 2 heterocycles. The molecule has 0 unspecified atom stereocenters. The van der Waals surface area contributed by atoms with E-state index >= 15 is 0 Å². The second kappa shape index (κ2) is 6.80. The molecule has 134 valence electrons. The zero-order valence-corrected chi connectivity index (χ0v) is 15.6. The molecule has 1 fully saturated rings. The molecule has 6 nitrogen and oxygen atoms in total. The number of likely N-dealkylation sites (tertiary alicyclic amines) is 1. The molecule has 0 saturated carbocycles. The Hall–Kier alpha value is -1.86. The van der Waals surface area contributed by atoms with Gasteiger partial charge >= 0.3 is 0 Å². The van der Waals surface area contributed by atoms with Gasteiger partial charge < -0.3 is 9.42 Å². The number of halogens is 1. The molecule has 0 aliphatic carbocycles. The summed E-state index contributed by atoms with van der Waals surface area (Å²) in [5.74, 6) is 0.666. The lowest BCUT2D eigenvalue weighted by molar-refractivity contribution is -0.134. The summed E-state index contributed by atoms with van der Waals surface area (Å²) in [5.41, 5.74) is 1.73. The molecule has 0 atom stereocenters. The van der Waals surface area contributed by atoms with Crippen LogP contribution in [-0.4, -0.2) is 42.7 Å². The molecule has 0 radical (unpaired) electrons. The highest BCUT2D eigenvalue weighted by Gasteiger charge is 2.40. The van der Waals surface area contributed by atoms with Crippen LogP contribution in [0, 0.1) is 13.8 Å². The van der Waals surface area contributed by atoms with Crippen molar-refractivity contribution in [1.29, 1.82) is 0 Å². The summed E-state index contributed by atoms with van der Waals surface area (Å²) in [5, 5.41) is 3.80. The van der Waals surface area contributed by atoms with Gasteiger partial charge in [-0.15, -0.1) is 0 Å². The topological polar surface area (TPSA) is 80.5 Å². The first-order valence-electron chi connectivity index (χ1n) is 7.98. The number of aromatic nitrogens is 1. The van der Waals surface area contributed by atoms with Crippen molar-refractivity contribution < 1.29 is 17.7 Å². The molecular weight excluding hydrogens is 364 g/mol. The molecule has 25 heavy (non-hydrogen) atoms. The normalized spacial score (nSPS) is 15.2. The van der Waals surface area contributed by atoms with E-state index in [1.165, 1.54) is 12.1 Å². The molecule has 1 aromatic heterocycles. The van der Waals surface area contributed by atoms with Crippen molar-refractivity contribution in [3.05, 3.63) is 46.3 Å². The predicted molar refractivity (Wildman–Crippen MR) is 93.3 cm³/mol. The van der Waals surface area contributed by atoms with Crippen molar-refractivity contribution in [2.75, 3.05) is 13.1 Å². The smallest absolute Gasteiger partial charge is 0.222 e. The maximum atomic E-state index is 12.5. The number of rotatable bonds is 5. The van der Waals surface area contributed by atoms with Gasteiger partial charge in [-0.05, 0) is 44.5 Å². The first-order chi connectivity index (χ1) is 11.8. The summed E-state index contributed by atoms with van der Waals surface area (Å²) < 4.78 is 30.1. The minimum absolute atomic E-state index is 0.0532. The van der Waals surface area contributed by atoms with Gasteiger partial charge in [0.15, 0.2) is 9.84 Å². The molecule has 0 bridgehead atoms. The van der Waals surface area contributed by atoms with Crippen LogP contribution in [0.15, 0.2) is 33.7 Å². The van der Waals surface area contributed by atoms with Crippen LogP contribution >= 0.6 is 11.6 Å². The van der Waals surface area contributed by atoms with Gasteiger partial charge in [0.25, 0.3) is 0 Å². The van der Waals surface area contributed by atoms with E-state index in [2.05, 4.69) is 5.16 Å². The minimum atomic E-state index is -3.43. The number of hydrogen-bond donors (Lipinski definition) is 0. The minimum Gasteiger partial charge on any atom is -0.361 e.